The van der Waals surface area contributed by atoms with Gasteiger partial charge in [0, 0.05) is 16.7 Å². The fourth-order valence-corrected chi connectivity index (χ4v) is 3.75. The Balaban J connectivity index is 1.73. The molecule has 2 aromatic carbocycles. The van der Waals surface area contributed by atoms with E-state index in [4.69, 9.17) is 28.9 Å². The lowest BCUT2D eigenvalue weighted by atomic mass is 9.93. The molecule has 6 heteroatoms. The highest BCUT2D eigenvalue weighted by atomic mass is 16.7. The summed E-state index contributed by atoms with van der Waals surface area (Å²) in [6.45, 7) is 9.54. The monoisotopic (exact) mass is 392 g/mol. The summed E-state index contributed by atoms with van der Waals surface area (Å²) in [6, 6.07) is 12.0. The summed E-state index contributed by atoms with van der Waals surface area (Å²) in [5, 5.41) is 0. The molecule has 0 aliphatic carbocycles. The smallest absolute Gasteiger partial charge is 0.231 e. The van der Waals surface area contributed by atoms with E-state index in [9.17, 15) is 0 Å². The van der Waals surface area contributed by atoms with E-state index < -0.39 is 0 Å². The normalized spacial score (nSPS) is 20.7. The summed E-state index contributed by atoms with van der Waals surface area (Å²) in [6.07, 6.45) is 0. The van der Waals surface area contributed by atoms with Gasteiger partial charge in [-0.1, -0.05) is 18.2 Å². The number of nitrogens with zero attached hydrogens (tertiary/aromatic N) is 2. The van der Waals surface area contributed by atoms with Crippen molar-refractivity contribution < 1.29 is 18.9 Å². The quantitative estimate of drug-likeness (QED) is 0.786. The van der Waals surface area contributed by atoms with Crippen LogP contribution in [0, 0.1) is 0 Å². The minimum Gasteiger partial charge on any atom is -0.475 e. The highest BCUT2D eigenvalue weighted by molar-refractivity contribution is 6.09. The van der Waals surface area contributed by atoms with Crippen LogP contribution in [0.25, 0.3) is 11.1 Å². The van der Waals surface area contributed by atoms with Crippen LogP contribution in [0.4, 0.5) is 0 Å². The molecular weight excluding hydrogens is 368 g/mol. The number of ether oxygens (including phenoxy) is 4. The Hall–Kier alpha value is -3.02. The number of benzene rings is 2. The number of aliphatic imine (C=N–C) groups is 2. The molecule has 0 saturated heterocycles. The van der Waals surface area contributed by atoms with Gasteiger partial charge in [-0.05, 0) is 51.5 Å². The fraction of sp³-hybridized carbons (Fsp3) is 0.391. The molecule has 3 aliphatic heterocycles. The van der Waals surface area contributed by atoms with Gasteiger partial charge < -0.3 is 18.9 Å². The minimum atomic E-state index is -0.259. The molecular formula is C23H24N2O4. The second kappa shape index (κ2) is 6.24. The maximum absolute atomic E-state index is 5.97. The predicted octanol–water partition coefficient (Wildman–Crippen LogP) is 4.19. The third-order valence-corrected chi connectivity index (χ3v) is 5.13. The van der Waals surface area contributed by atoms with Gasteiger partial charge in [0.05, 0.1) is 11.1 Å². The molecule has 3 aliphatic rings. The molecule has 0 amide bonds. The van der Waals surface area contributed by atoms with Gasteiger partial charge in [-0.15, -0.1) is 0 Å². The van der Waals surface area contributed by atoms with Gasteiger partial charge in [0.25, 0.3) is 0 Å². The summed E-state index contributed by atoms with van der Waals surface area (Å²) < 4.78 is 23.5. The third-order valence-electron chi connectivity index (χ3n) is 5.13. The van der Waals surface area contributed by atoms with E-state index in [1.54, 1.807) is 0 Å². The van der Waals surface area contributed by atoms with Crippen LogP contribution in [0.2, 0.25) is 0 Å². The Bertz CT molecular complexity index is 1050. The molecule has 5 rings (SSSR count). The van der Waals surface area contributed by atoms with Gasteiger partial charge in [0.15, 0.2) is 11.5 Å². The van der Waals surface area contributed by atoms with Crippen molar-refractivity contribution in [3.05, 3.63) is 47.5 Å². The highest BCUT2D eigenvalue weighted by Crippen LogP contribution is 2.46. The lowest BCUT2D eigenvalue weighted by Crippen LogP contribution is -2.17. The highest BCUT2D eigenvalue weighted by Gasteiger charge is 2.34. The Morgan fingerprint density at radius 1 is 0.690 bits per heavy atom. The Morgan fingerprint density at radius 2 is 1.31 bits per heavy atom. The van der Waals surface area contributed by atoms with Crippen LogP contribution in [0.5, 0.6) is 11.5 Å². The number of hydrogen-bond acceptors (Lipinski definition) is 6. The van der Waals surface area contributed by atoms with Crippen LogP contribution in [0.3, 0.4) is 0 Å². The van der Waals surface area contributed by atoms with Crippen molar-refractivity contribution >= 4 is 11.8 Å². The zero-order chi connectivity index (χ0) is 20.2. The molecule has 0 unspecified atom stereocenters. The van der Waals surface area contributed by atoms with E-state index in [0.29, 0.717) is 36.5 Å². The summed E-state index contributed by atoms with van der Waals surface area (Å²) in [7, 11) is 0. The maximum atomic E-state index is 5.97. The molecule has 0 saturated carbocycles. The molecule has 0 N–H and O–H groups in total. The molecule has 0 bridgehead atoms. The number of fused-ring (bicyclic) bond motifs is 1. The lowest BCUT2D eigenvalue weighted by Gasteiger charge is -2.15. The van der Waals surface area contributed by atoms with Gasteiger partial charge in [-0.3, -0.25) is 0 Å². The van der Waals surface area contributed by atoms with Crippen LogP contribution in [0.1, 0.15) is 38.8 Å². The standard InChI is InChI=1S/C23H24N2O4/c1-22(2)11-26-20(24-22)15-8-6-5-7-14(15)18-16(21-25-23(3,4)12-27-21)9-10-17-19(18)29-13-28-17/h5-10H,11-13H2,1-4H3. The van der Waals surface area contributed by atoms with Crippen molar-refractivity contribution in [3.8, 4) is 22.6 Å². The first-order valence-electron chi connectivity index (χ1n) is 9.81. The first-order valence-corrected chi connectivity index (χ1v) is 9.81. The SMILES string of the molecule is CC1(C)COC(c2ccccc2-c2c(C3=NC(C)(C)CO3)ccc3c2OCO3)=N1. The van der Waals surface area contributed by atoms with E-state index >= 15 is 0 Å². The minimum absolute atomic E-state index is 0.192. The maximum Gasteiger partial charge on any atom is 0.231 e. The van der Waals surface area contributed by atoms with E-state index in [-0.39, 0.29) is 17.9 Å². The van der Waals surface area contributed by atoms with Crippen LogP contribution >= 0.6 is 0 Å². The second-order valence-electron chi connectivity index (χ2n) is 8.80. The topological polar surface area (TPSA) is 61.6 Å². The van der Waals surface area contributed by atoms with Gasteiger partial charge >= 0.3 is 0 Å². The van der Waals surface area contributed by atoms with Gasteiger partial charge in [0.1, 0.15) is 13.2 Å². The van der Waals surface area contributed by atoms with E-state index in [1.807, 2.05) is 36.4 Å². The van der Waals surface area contributed by atoms with E-state index in [0.717, 1.165) is 22.3 Å². The van der Waals surface area contributed by atoms with Crippen LogP contribution < -0.4 is 9.47 Å². The van der Waals surface area contributed by atoms with Crippen LogP contribution in [0.15, 0.2) is 46.4 Å². The van der Waals surface area contributed by atoms with Crippen molar-refractivity contribution in [1.29, 1.82) is 0 Å². The summed E-state index contributed by atoms with van der Waals surface area (Å²) in [5.74, 6) is 2.67. The molecule has 29 heavy (non-hydrogen) atoms. The third kappa shape index (κ3) is 3.12. The average Bonchev–Trinajstić information content (AvgIpc) is 3.38. The number of hydrogen-bond donors (Lipinski definition) is 0. The van der Waals surface area contributed by atoms with Crippen molar-refractivity contribution in [1.82, 2.24) is 0 Å². The molecule has 2 aromatic rings. The molecule has 0 radical (unpaired) electrons. The average molecular weight is 392 g/mol. The summed E-state index contributed by atoms with van der Waals surface area (Å²) >= 11 is 0. The summed E-state index contributed by atoms with van der Waals surface area (Å²) in [4.78, 5) is 9.57. The molecule has 0 fully saturated rings. The van der Waals surface area contributed by atoms with Crippen LogP contribution in [-0.4, -0.2) is 42.9 Å². The zero-order valence-corrected chi connectivity index (χ0v) is 17.1. The van der Waals surface area contributed by atoms with Crippen molar-refractivity contribution in [2.24, 2.45) is 9.98 Å². The van der Waals surface area contributed by atoms with Crippen molar-refractivity contribution in [3.63, 3.8) is 0 Å². The molecule has 150 valence electrons. The van der Waals surface area contributed by atoms with Gasteiger partial charge in [-0.2, -0.15) is 0 Å². The van der Waals surface area contributed by atoms with Crippen molar-refractivity contribution in [2.75, 3.05) is 20.0 Å². The van der Waals surface area contributed by atoms with E-state index in [2.05, 4.69) is 27.7 Å². The van der Waals surface area contributed by atoms with Crippen LogP contribution in [-0.2, 0) is 9.47 Å². The molecule has 0 aromatic heterocycles. The van der Waals surface area contributed by atoms with Gasteiger partial charge in [0.2, 0.25) is 18.6 Å². The Kier molecular flexibility index (Phi) is 3.88. The molecule has 0 spiro atoms. The summed E-state index contributed by atoms with van der Waals surface area (Å²) in [5.41, 5.74) is 3.14. The second-order valence-corrected chi connectivity index (χ2v) is 8.80. The number of rotatable bonds is 3. The Labute approximate surface area is 170 Å². The molecule has 3 heterocycles. The first kappa shape index (κ1) is 18.0. The zero-order valence-electron chi connectivity index (χ0n) is 17.1. The largest absolute Gasteiger partial charge is 0.475 e. The predicted molar refractivity (Wildman–Crippen MR) is 111 cm³/mol. The molecule has 6 nitrogen and oxygen atoms in total. The fourth-order valence-electron chi connectivity index (χ4n) is 3.75. The van der Waals surface area contributed by atoms with E-state index in [1.165, 1.54) is 0 Å². The van der Waals surface area contributed by atoms with Gasteiger partial charge in [-0.25, -0.2) is 9.98 Å². The molecule has 0 atom stereocenters. The van der Waals surface area contributed by atoms with Crippen molar-refractivity contribution in [2.45, 2.75) is 38.8 Å². The Morgan fingerprint density at radius 3 is 1.93 bits per heavy atom. The first-order chi connectivity index (χ1) is 13.8. The lowest BCUT2D eigenvalue weighted by molar-refractivity contribution is 0.174.